The molecule has 3 aliphatic heterocycles. The van der Waals surface area contributed by atoms with Crippen LogP contribution in [0.25, 0.3) is 0 Å². The van der Waals surface area contributed by atoms with E-state index in [1.807, 2.05) is 30.3 Å². The van der Waals surface area contributed by atoms with Gasteiger partial charge in [0, 0.05) is 25.8 Å². The first-order valence-electron chi connectivity index (χ1n) is 11.0. The van der Waals surface area contributed by atoms with Crippen molar-refractivity contribution in [3.8, 4) is 0 Å². The van der Waals surface area contributed by atoms with Crippen molar-refractivity contribution in [1.82, 2.24) is 5.32 Å². The summed E-state index contributed by atoms with van der Waals surface area (Å²) >= 11 is 0. The van der Waals surface area contributed by atoms with Gasteiger partial charge in [0.1, 0.15) is 24.4 Å². The molecule has 6 atom stereocenters. The molecule has 4 rings (SSSR count). The summed E-state index contributed by atoms with van der Waals surface area (Å²) in [6, 6.07) is 9.86. The molecule has 3 heterocycles. The predicted molar refractivity (Wildman–Crippen MR) is 110 cm³/mol. The fourth-order valence-electron chi connectivity index (χ4n) is 3.99. The Kier molecular flexibility index (Phi) is 9.06. The minimum absolute atomic E-state index is 0.321. The smallest absolute Gasteiger partial charge is 0.186 e. The van der Waals surface area contributed by atoms with E-state index < -0.39 is 24.8 Å². The van der Waals surface area contributed by atoms with Crippen molar-refractivity contribution in [2.24, 2.45) is 0 Å². The molecule has 3 saturated heterocycles. The van der Waals surface area contributed by atoms with Gasteiger partial charge in [-0.3, -0.25) is 0 Å². The van der Waals surface area contributed by atoms with E-state index in [0.717, 1.165) is 18.7 Å². The molecule has 0 spiro atoms. The second-order valence-corrected chi connectivity index (χ2v) is 7.60. The molecule has 174 valence electrons. The zero-order valence-corrected chi connectivity index (χ0v) is 18.0. The van der Waals surface area contributed by atoms with Gasteiger partial charge >= 0.3 is 0 Å². The molecule has 3 fully saturated rings. The monoisotopic (exact) mass is 439 g/mol. The Labute approximate surface area is 183 Å². The number of fused-ring (bicyclic) bond motifs is 3. The predicted octanol–water partition coefficient (Wildman–Crippen LogP) is 0.879. The van der Waals surface area contributed by atoms with Crippen LogP contribution in [0.4, 0.5) is 0 Å². The maximum absolute atomic E-state index is 6.34. The zero-order valence-electron chi connectivity index (χ0n) is 18.0. The van der Waals surface area contributed by atoms with Crippen molar-refractivity contribution in [3.05, 3.63) is 35.9 Å². The average molecular weight is 440 g/mol. The molecule has 1 unspecified atom stereocenters. The maximum Gasteiger partial charge on any atom is 0.186 e. The summed E-state index contributed by atoms with van der Waals surface area (Å²) in [7, 11) is 1.60. The molecule has 1 aromatic carbocycles. The van der Waals surface area contributed by atoms with Gasteiger partial charge in [0.2, 0.25) is 0 Å². The molecule has 0 bridgehead atoms. The summed E-state index contributed by atoms with van der Waals surface area (Å²) in [5.41, 5.74) is 0.952. The van der Waals surface area contributed by atoms with Gasteiger partial charge in [0.05, 0.1) is 46.2 Å². The quantitative estimate of drug-likeness (QED) is 0.722. The number of nitrogens with one attached hydrogen (secondary N) is 1. The van der Waals surface area contributed by atoms with E-state index in [2.05, 4.69) is 5.32 Å². The highest BCUT2D eigenvalue weighted by Gasteiger charge is 2.51. The summed E-state index contributed by atoms with van der Waals surface area (Å²) in [6.07, 6.45) is -2.63. The van der Waals surface area contributed by atoms with Crippen molar-refractivity contribution >= 4 is 0 Å². The Hall–Kier alpha value is -1.14. The highest BCUT2D eigenvalue weighted by molar-refractivity contribution is 5.16. The molecule has 0 saturated carbocycles. The number of methoxy groups -OCH3 is 1. The standard InChI is InChI=1S/C22H33NO8/c1-24-22-20-19(27-13-11-25-9-7-23-8-10-26-12-14-28-20)18-17(30-22)15-29-21(31-18)16-5-3-2-4-6-16/h2-6,17-23H,7-15H2,1H3/t17-,18-,19+,20-,21?,22-/m1/s1. The Morgan fingerprint density at radius 1 is 0.774 bits per heavy atom. The number of ether oxygens (including phenoxy) is 8. The number of hydrogen-bond donors (Lipinski definition) is 1. The molecule has 9 heteroatoms. The summed E-state index contributed by atoms with van der Waals surface area (Å²) in [5.74, 6) is 0. The normalized spacial score (nSPS) is 36.4. The van der Waals surface area contributed by atoms with E-state index in [1.165, 1.54) is 0 Å². The molecular formula is C22H33NO8. The number of rotatable bonds is 2. The van der Waals surface area contributed by atoms with Crippen LogP contribution < -0.4 is 5.32 Å². The van der Waals surface area contributed by atoms with Gasteiger partial charge in [-0.1, -0.05) is 30.3 Å². The third-order valence-electron chi connectivity index (χ3n) is 5.51. The zero-order chi connectivity index (χ0) is 21.3. The first-order chi connectivity index (χ1) is 15.4. The van der Waals surface area contributed by atoms with Gasteiger partial charge in [-0.05, 0) is 0 Å². The molecule has 0 radical (unpaired) electrons. The van der Waals surface area contributed by atoms with Crippen molar-refractivity contribution < 1.29 is 37.9 Å². The van der Waals surface area contributed by atoms with Gasteiger partial charge in [-0.15, -0.1) is 0 Å². The third kappa shape index (κ3) is 6.22. The lowest BCUT2D eigenvalue weighted by atomic mass is 9.97. The minimum atomic E-state index is -0.593. The molecular weight excluding hydrogens is 406 g/mol. The van der Waals surface area contributed by atoms with Crippen LogP contribution in [-0.2, 0) is 37.9 Å². The van der Waals surface area contributed by atoms with Crippen LogP contribution >= 0.6 is 0 Å². The first-order valence-corrected chi connectivity index (χ1v) is 11.0. The van der Waals surface area contributed by atoms with Gasteiger partial charge in [0.15, 0.2) is 12.6 Å². The van der Waals surface area contributed by atoms with E-state index in [9.17, 15) is 0 Å². The Bertz CT molecular complexity index is 635. The van der Waals surface area contributed by atoms with Crippen LogP contribution in [0.1, 0.15) is 11.9 Å². The lowest BCUT2D eigenvalue weighted by Crippen LogP contribution is -2.63. The Morgan fingerprint density at radius 3 is 2.19 bits per heavy atom. The SMILES string of the molecule is CO[C@@H]1O[C@@H]2COC(c3ccccc3)O[C@H]2[C@@H]2OCCOCCNCCOCCO[C@@H]12. The fourth-order valence-corrected chi connectivity index (χ4v) is 3.99. The fraction of sp³-hybridized carbons (Fsp3) is 0.727. The van der Waals surface area contributed by atoms with Crippen LogP contribution in [0, 0.1) is 0 Å². The highest BCUT2D eigenvalue weighted by atomic mass is 16.8. The van der Waals surface area contributed by atoms with Gasteiger partial charge in [-0.25, -0.2) is 0 Å². The minimum Gasteiger partial charge on any atom is -0.378 e. The average Bonchev–Trinajstić information content (AvgIpc) is 2.83. The van der Waals surface area contributed by atoms with E-state index >= 15 is 0 Å². The van der Waals surface area contributed by atoms with Crippen LogP contribution in [0.5, 0.6) is 0 Å². The second kappa shape index (κ2) is 12.2. The Balaban J connectivity index is 1.48. The molecule has 9 nitrogen and oxygen atoms in total. The summed E-state index contributed by atoms with van der Waals surface area (Å²) in [6.45, 7) is 4.93. The van der Waals surface area contributed by atoms with Crippen molar-refractivity contribution in [1.29, 1.82) is 0 Å². The Morgan fingerprint density at radius 2 is 1.48 bits per heavy atom. The van der Waals surface area contributed by atoms with Gasteiger partial charge in [-0.2, -0.15) is 0 Å². The molecule has 31 heavy (non-hydrogen) atoms. The second-order valence-electron chi connectivity index (χ2n) is 7.60. The van der Waals surface area contributed by atoms with E-state index in [0.29, 0.717) is 46.2 Å². The molecule has 0 aromatic heterocycles. The summed E-state index contributed by atoms with van der Waals surface area (Å²) in [5, 5.41) is 3.27. The van der Waals surface area contributed by atoms with Crippen molar-refractivity contribution in [3.63, 3.8) is 0 Å². The largest absolute Gasteiger partial charge is 0.378 e. The van der Waals surface area contributed by atoms with Crippen LogP contribution in [0.15, 0.2) is 30.3 Å². The first kappa shape index (κ1) is 23.0. The van der Waals surface area contributed by atoms with E-state index in [-0.39, 0.29) is 12.2 Å². The number of hydrogen-bond acceptors (Lipinski definition) is 9. The lowest BCUT2D eigenvalue weighted by molar-refractivity contribution is -0.368. The summed E-state index contributed by atoms with van der Waals surface area (Å²) < 4.78 is 47.7. The molecule has 3 aliphatic rings. The van der Waals surface area contributed by atoms with E-state index in [4.69, 9.17) is 37.9 Å². The molecule has 0 aliphatic carbocycles. The van der Waals surface area contributed by atoms with Crippen LogP contribution in [-0.4, -0.2) is 97.2 Å². The lowest BCUT2D eigenvalue weighted by Gasteiger charge is -2.48. The molecule has 1 N–H and O–H groups in total. The van der Waals surface area contributed by atoms with Crippen molar-refractivity contribution in [2.75, 3.05) is 66.4 Å². The van der Waals surface area contributed by atoms with Crippen LogP contribution in [0.2, 0.25) is 0 Å². The topological polar surface area (TPSA) is 85.9 Å². The van der Waals surface area contributed by atoms with E-state index in [1.54, 1.807) is 7.11 Å². The molecule has 0 amide bonds. The van der Waals surface area contributed by atoms with Crippen molar-refractivity contribution in [2.45, 2.75) is 37.0 Å². The van der Waals surface area contributed by atoms with Crippen LogP contribution in [0.3, 0.4) is 0 Å². The third-order valence-corrected chi connectivity index (χ3v) is 5.51. The maximum atomic E-state index is 6.34. The van der Waals surface area contributed by atoms with Gasteiger partial charge < -0.3 is 43.2 Å². The highest BCUT2D eigenvalue weighted by Crippen LogP contribution is 2.36. The number of benzene rings is 1. The van der Waals surface area contributed by atoms with Gasteiger partial charge in [0.25, 0.3) is 0 Å². The summed E-state index contributed by atoms with van der Waals surface area (Å²) in [4.78, 5) is 0. The molecule has 1 aromatic rings.